The molecule has 0 bridgehead atoms. The summed E-state index contributed by atoms with van der Waals surface area (Å²) in [4.78, 5) is 13.8. The van der Waals surface area contributed by atoms with Crippen LogP contribution in [0, 0.1) is 0 Å². The minimum Gasteiger partial charge on any atom is -0.451 e. The zero-order valence-electron chi connectivity index (χ0n) is 10.5. The van der Waals surface area contributed by atoms with Crippen LogP contribution in [0.2, 0.25) is 0 Å². The van der Waals surface area contributed by atoms with E-state index in [9.17, 15) is 4.79 Å². The Morgan fingerprint density at radius 2 is 2.17 bits per heavy atom. The topological polar surface area (TPSA) is 33.5 Å². The lowest BCUT2D eigenvalue weighted by molar-refractivity contribution is 0.0764. The molecule has 0 aliphatic rings. The van der Waals surface area contributed by atoms with Gasteiger partial charge < -0.3 is 9.32 Å². The highest BCUT2D eigenvalue weighted by atomic mass is 35.5. The maximum atomic E-state index is 12.1. The fraction of sp³-hybridized carbons (Fsp3) is 0.357. The molecule has 2 rings (SSSR count). The molecule has 0 spiro atoms. The van der Waals surface area contributed by atoms with Crippen LogP contribution in [-0.2, 0) is 0 Å². The van der Waals surface area contributed by atoms with E-state index in [1.165, 1.54) is 0 Å². The summed E-state index contributed by atoms with van der Waals surface area (Å²) in [5, 5.41) is 1.01. The number of furan rings is 1. The third-order valence-electron chi connectivity index (χ3n) is 2.85. The van der Waals surface area contributed by atoms with Gasteiger partial charge in [-0.3, -0.25) is 4.79 Å². The van der Waals surface area contributed by atoms with Crippen LogP contribution >= 0.6 is 11.6 Å². The molecule has 1 heterocycles. The summed E-state index contributed by atoms with van der Waals surface area (Å²) in [6.45, 7) is 2.54. The van der Waals surface area contributed by atoms with Gasteiger partial charge in [-0.15, -0.1) is 11.6 Å². The zero-order chi connectivity index (χ0) is 13.1. The predicted molar refractivity (Wildman–Crippen MR) is 73.1 cm³/mol. The van der Waals surface area contributed by atoms with Gasteiger partial charge in [0, 0.05) is 24.4 Å². The molecule has 0 saturated carbocycles. The van der Waals surface area contributed by atoms with Gasteiger partial charge in [0.05, 0.1) is 0 Å². The summed E-state index contributed by atoms with van der Waals surface area (Å²) in [5.41, 5.74) is 0.736. The molecule has 1 aromatic carbocycles. The number of nitrogens with zero attached hydrogens (tertiary/aromatic N) is 1. The van der Waals surface area contributed by atoms with Gasteiger partial charge in [0.15, 0.2) is 5.76 Å². The smallest absolute Gasteiger partial charge is 0.289 e. The first-order valence-electron chi connectivity index (χ1n) is 5.96. The first kappa shape index (κ1) is 13.0. The van der Waals surface area contributed by atoms with Gasteiger partial charge >= 0.3 is 0 Å². The van der Waals surface area contributed by atoms with Crippen LogP contribution in [0.3, 0.4) is 0 Å². The van der Waals surface area contributed by atoms with Crippen molar-refractivity contribution in [1.82, 2.24) is 4.90 Å². The maximum absolute atomic E-state index is 12.1. The van der Waals surface area contributed by atoms with Crippen molar-refractivity contribution in [3.05, 3.63) is 36.1 Å². The van der Waals surface area contributed by atoms with Crippen LogP contribution in [0.5, 0.6) is 0 Å². The third kappa shape index (κ3) is 2.85. The molecular formula is C14H16ClNO2. The van der Waals surface area contributed by atoms with E-state index in [1.807, 2.05) is 31.2 Å². The van der Waals surface area contributed by atoms with Crippen LogP contribution < -0.4 is 0 Å². The number of halogens is 1. The zero-order valence-corrected chi connectivity index (χ0v) is 11.3. The lowest BCUT2D eigenvalue weighted by Gasteiger charge is -2.16. The lowest BCUT2D eigenvalue weighted by Crippen LogP contribution is -2.28. The largest absolute Gasteiger partial charge is 0.451 e. The fourth-order valence-corrected chi connectivity index (χ4v) is 1.85. The van der Waals surface area contributed by atoms with E-state index in [-0.39, 0.29) is 11.3 Å². The van der Waals surface area contributed by atoms with Crippen molar-refractivity contribution in [2.24, 2.45) is 0 Å². The van der Waals surface area contributed by atoms with E-state index in [0.29, 0.717) is 12.3 Å². The number of benzene rings is 1. The molecular weight excluding hydrogens is 250 g/mol. The summed E-state index contributed by atoms with van der Waals surface area (Å²) < 4.78 is 5.53. The molecule has 96 valence electrons. The fourth-order valence-electron chi connectivity index (χ4n) is 1.75. The number of carbonyl (C=O) groups is 1. The van der Waals surface area contributed by atoms with E-state index >= 15 is 0 Å². The molecule has 0 saturated heterocycles. The molecule has 3 nitrogen and oxygen atoms in total. The molecule has 1 unspecified atom stereocenters. The molecule has 0 N–H and O–H groups in total. The highest BCUT2D eigenvalue weighted by molar-refractivity contribution is 6.20. The van der Waals surface area contributed by atoms with Crippen LogP contribution in [0.4, 0.5) is 0 Å². The van der Waals surface area contributed by atoms with Crippen molar-refractivity contribution in [2.75, 3.05) is 13.6 Å². The highest BCUT2D eigenvalue weighted by Gasteiger charge is 2.16. The third-order valence-corrected chi connectivity index (χ3v) is 3.06. The average Bonchev–Trinajstić information content (AvgIpc) is 2.78. The van der Waals surface area contributed by atoms with Crippen LogP contribution in [0.15, 0.2) is 34.7 Å². The molecule has 18 heavy (non-hydrogen) atoms. The summed E-state index contributed by atoms with van der Waals surface area (Å²) in [5.74, 6) is 0.268. The molecule has 0 radical (unpaired) electrons. The number of rotatable bonds is 4. The minimum atomic E-state index is -0.108. The normalized spacial score (nSPS) is 12.6. The van der Waals surface area contributed by atoms with Crippen LogP contribution in [-0.4, -0.2) is 29.8 Å². The Morgan fingerprint density at radius 1 is 1.44 bits per heavy atom. The second-order valence-corrected chi connectivity index (χ2v) is 5.19. The number of amides is 1. The molecule has 0 aliphatic heterocycles. The predicted octanol–water partition coefficient (Wildman–Crippen LogP) is 3.52. The Bertz CT molecular complexity index is 514. The summed E-state index contributed by atoms with van der Waals surface area (Å²) in [6.07, 6.45) is 0.768. The van der Waals surface area contributed by atoms with Crippen LogP contribution in [0.1, 0.15) is 23.9 Å². The lowest BCUT2D eigenvalue weighted by atomic mass is 10.2. The second kappa shape index (κ2) is 5.44. The Morgan fingerprint density at radius 3 is 2.83 bits per heavy atom. The van der Waals surface area contributed by atoms with E-state index in [4.69, 9.17) is 16.0 Å². The Labute approximate surface area is 111 Å². The van der Waals surface area contributed by atoms with Crippen molar-refractivity contribution >= 4 is 28.5 Å². The molecule has 0 aliphatic carbocycles. The van der Waals surface area contributed by atoms with Gasteiger partial charge in [-0.25, -0.2) is 0 Å². The SMILES string of the molecule is CC(Cl)CCN(C)C(=O)c1cc2ccccc2o1. The quantitative estimate of drug-likeness (QED) is 0.793. The Kier molecular flexibility index (Phi) is 3.92. The first-order valence-corrected chi connectivity index (χ1v) is 6.39. The van der Waals surface area contributed by atoms with Crippen molar-refractivity contribution in [1.29, 1.82) is 0 Å². The van der Waals surface area contributed by atoms with E-state index in [0.717, 1.165) is 17.4 Å². The monoisotopic (exact) mass is 265 g/mol. The molecule has 0 fully saturated rings. The molecule has 2 aromatic rings. The number of fused-ring (bicyclic) bond motifs is 1. The molecule has 4 heteroatoms. The number of hydrogen-bond acceptors (Lipinski definition) is 2. The van der Waals surface area contributed by atoms with E-state index in [1.54, 1.807) is 18.0 Å². The van der Waals surface area contributed by atoms with Gasteiger partial charge in [-0.05, 0) is 25.5 Å². The van der Waals surface area contributed by atoms with Gasteiger partial charge in [0.25, 0.3) is 5.91 Å². The number of hydrogen-bond donors (Lipinski definition) is 0. The van der Waals surface area contributed by atoms with Crippen LogP contribution in [0.25, 0.3) is 11.0 Å². The standard InChI is InChI=1S/C14H16ClNO2/c1-10(15)7-8-16(2)14(17)13-9-11-5-3-4-6-12(11)18-13/h3-6,9-10H,7-8H2,1-2H3. The second-order valence-electron chi connectivity index (χ2n) is 4.44. The Hall–Kier alpha value is -1.48. The van der Waals surface area contributed by atoms with Gasteiger partial charge in [0.2, 0.25) is 0 Å². The first-order chi connectivity index (χ1) is 8.58. The summed E-state index contributed by atoms with van der Waals surface area (Å²) in [6, 6.07) is 9.37. The van der Waals surface area contributed by atoms with Gasteiger partial charge in [-0.2, -0.15) is 0 Å². The minimum absolute atomic E-state index is 0.0657. The van der Waals surface area contributed by atoms with Crippen molar-refractivity contribution in [3.63, 3.8) is 0 Å². The number of carbonyl (C=O) groups excluding carboxylic acids is 1. The molecule has 1 amide bonds. The summed E-state index contributed by atoms with van der Waals surface area (Å²) >= 11 is 5.88. The molecule has 1 aromatic heterocycles. The molecule has 1 atom stereocenters. The average molecular weight is 266 g/mol. The number of para-hydroxylation sites is 1. The van der Waals surface area contributed by atoms with Gasteiger partial charge in [0.1, 0.15) is 5.58 Å². The highest BCUT2D eigenvalue weighted by Crippen LogP contribution is 2.19. The van der Waals surface area contributed by atoms with Crippen molar-refractivity contribution < 1.29 is 9.21 Å². The Balaban J connectivity index is 2.12. The van der Waals surface area contributed by atoms with E-state index < -0.39 is 0 Å². The summed E-state index contributed by atoms with van der Waals surface area (Å²) in [7, 11) is 1.76. The van der Waals surface area contributed by atoms with Crippen molar-refractivity contribution in [2.45, 2.75) is 18.7 Å². The maximum Gasteiger partial charge on any atom is 0.289 e. The number of alkyl halides is 1. The van der Waals surface area contributed by atoms with E-state index in [2.05, 4.69) is 0 Å². The van der Waals surface area contributed by atoms with Gasteiger partial charge in [-0.1, -0.05) is 18.2 Å². The van der Waals surface area contributed by atoms with Crippen molar-refractivity contribution in [3.8, 4) is 0 Å².